The maximum atomic E-state index is 13.5. The highest BCUT2D eigenvalue weighted by atomic mass is 35.7. The number of carbonyl (C=O) groups is 1. The second-order valence-corrected chi connectivity index (χ2v) is 8.20. The summed E-state index contributed by atoms with van der Waals surface area (Å²) >= 11 is 0. The van der Waals surface area contributed by atoms with Crippen LogP contribution < -0.4 is 5.32 Å². The van der Waals surface area contributed by atoms with Gasteiger partial charge >= 0.3 is 0 Å². The van der Waals surface area contributed by atoms with E-state index in [1.807, 2.05) is 0 Å². The molecule has 112 valence electrons. The largest absolute Gasteiger partial charge is 0.351 e. The van der Waals surface area contributed by atoms with Gasteiger partial charge in [0.05, 0.1) is 10.5 Å². The normalized spacial score (nSPS) is 12.9. The third kappa shape index (κ3) is 4.84. The van der Waals surface area contributed by atoms with Crippen LogP contribution in [0.5, 0.6) is 0 Å². The molecule has 0 aliphatic carbocycles. The van der Waals surface area contributed by atoms with Gasteiger partial charge in [-0.1, -0.05) is 6.92 Å². The lowest BCUT2D eigenvalue weighted by Crippen LogP contribution is -2.28. The van der Waals surface area contributed by atoms with Crippen molar-refractivity contribution in [3.05, 3.63) is 29.6 Å². The zero-order valence-corrected chi connectivity index (χ0v) is 12.9. The summed E-state index contributed by atoms with van der Waals surface area (Å²) in [5.41, 5.74) is -0.422. The minimum absolute atomic E-state index is 0.108. The van der Waals surface area contributed by atoms with Crippen molar-refractivity contribution < 1.29 is 21.8 Å². The Balaban J connectivity index is 2.85. The fourth-order valence-electron chi connectivity index (χ4n) is 1.35. The predicted molar refractivity (Wildman–Crippen MR) is 75.3 cm³/mol. The van der Waals surface area contributed by atoms with Crippen molar-refractivity contribution in [2.24, 2.45) is 0 Å². The van der Waals surface area contributed by atoms with Gasteiger partial charge in [-0.25, -0.2) is 12.8 Å². The Morgan fingerprint density at radius 3 is 2.65 bits per heavy atom. The SMILES string of the molecule is CCS(=O)CCNC(=O)c1cc(S(=O)(=O)Cl)ccc1F. The molecule has 20 heavy (non-hydrogen) atoms. The van der Waals surface area contributed by atoms with Crippen LogP contribution in [-0.4, -0.2) is 36.6 Å². The first-order valence-corrected chi connectivity index (χ1v) is 9.42. The average molecular weight is 342 g/mol. The van der Waals surface area contributed by atoms with Gasteiger partial charge < -0.3 is 5.32 Å². The van der Waals surface area contributed by atoms with E-state index in [0.29, 0.717) is 5.75 Å². The Labute approximate surface area is 123 Å². The van der Waals surface area contributed by atoms with Crippen molar-refractivity contribution in [1.82, 2.24) is 5.32 Å². The lowest BCUT2D eigenvalue weighted by atomic mass is 10.2. The van der Waals surface area contributed by atoms with Gasteiger partial charge in [-0.2, -0.15) is 0 Å². The number of halogens is 2. The molecule has 9 heteroatoms. The van der Waals surface area contributed by atoms with Crippen LogP contribution in [0.2, 0.25) is 0 Å². The molecule has 1 aromatic carbocycles. The average Bonchev–Trinajstić information content (AvgIpc) is 2.37. The number of nitrogens with one attached hydrogen (secondary N) is 1. The summed E-state index contributed by atoms with van der Waals surface area (Å²) in [6.07, 6.45) is 0. The van der Waals surface area contributed by atoms with Crippen molar-refractivity contribution in [2.75, 3.05) is 18.1 Å². The highest BCUT2D eigenvalue weighted by Gasteiger charge is 2.17. The van der Waals surface area contributed by atoms with E-state index >= 15 is 0 Å². The molecule has 1 amide bonds. The first kappa shape index (κ1) is 17.1. The highest BCUT2D eigenvalue weighted by Crippen LogP contribution is 2.18. The van der Waals surface area contributed by atoms with E-state index in [1.165, 1.54) is 0 Å². The van der Waals surface area contributed by atoms with E-state index in [2.05, 4.69) is 5.32 Å². The molecule has 0 fully saturated rings. The Morgan fingerprint density at radius 1 is 1.45 bits per heavy atom. The first-order valence-electron chi connectivity index (χ1n) is 5.63. The monoisotopic (exact) mass is 341 g/mol. The van der Waals surface area contributed by atoms with Gasteiger partial charge in [-0.05, 0) is 18.2 Å². The van der Waals surface area contributed by atoms with Crippen LogP contribution in [0.15, 0.2) is 23.1 Å². The number of amides is 1. The summed E-state index contributed by atoms with van der Waals surface area (Å²) in [5, 5.41) is 2.37. The fraction of sp³-hybridized carbons (Fsp3) is 0.364. The molecule has 0 aromatic heterocycles. The molecular formula is C11H13ClFNO4S2. The lowest BCUT2D eigenvalue weighted by molar-refractivity contribution is 0.0952. The van der Waals surface area contributed by atoms with Crippen molar-refractivity contribution in [1.29, 1.82) is 0 Å². The van der Waals surface area contributed by atoms with Crippen LogP contribution in [0.4, 0.5) is 4.39 Å². The third-order valence-electron chi connectivity index (χ3n) is 2.40. The smallest absolute Gasteiger partial charge is 0.261 e. The standard InChI is InChI=1S/C11H13ClFNO4S2/c1-2-19(16)6-5-14-11(15)9-7-8(20(12,17)18)3-4-10(9)13/h3-4,7H,2,5-6H2,1H3,(H,14,15). The van der Waals surface area contributed by atoms with Crippen LogP contribution in [0.1, 0.15) is 17.3 Å². The second-order valence-electron chi connectivity index (χ2n) is 3.77. The molecule has 1 unspecified atom stereocenters. The van der Waals surface area contributed by atoms with Gasteiger partial charge in [0.25, 0.3) is 15.0 Å². The van der Waals surface area contributed by atoms with Gasteiger partial charge in [-0.3, -0.25) is 9.00 Å². The lowest BCUT2D eigenvalue weighted by Gasteiger charge is -2.07. The van der Waals surface area contributed by atoms with Crippen LogP contribution >= 0.6 is 10.7 Å². The highest BCUT2D eigenvalue weighted by molar-refractivity contribution is 8.13. The van der Waals surface area contributed by atoms with Crippen LogP contribution in [-0.2, 0) is 19.9 Å². The molecule has 1 rings (SSSR count). The Kier molecular flexibility index (Phi) is 6.09. The molecular weight excluding hydrogens is 329 g/mol. The molecule has 0 radical (unpaired) electrons. The van der Waals surface area contributed by atoms with Gasteiger partial charge in [-0.15, -0.1) is 0 Å². The van der Waals surface area contributed by atoms with Gasteiger partial charge in [0, 0.05) is 39.5 Å². The fourth-order valence-corrected chi connectivity index (χ4v) is 2.74. The van der Waals surface area contributed by atoms with E-state index in [-0.39, 0.29) is 17.2 Å². The molecule has 0 bridgehead atoms. The minimum Gasteiger partial charge on any atom is -0.351 e. The number of benzene rings is 1. The number of rotatable bonds is 6. The summed E-state index contributed by atoms with van der Waals surface area (Å²) < 4.78 is 46.9. The summed E-state index contributed by atoms with van der Waals surface area (Å²) in [6, 6.07) is 2.69. The minimum atomic E-state index is -4.04. The zero-order chi connectivity index (χ0) is 15.3. The van der Waals surface area contributed by atoms with E-state index < -0.39 is 37.1 Å². The van der Waals surface area contributed by atoms with Gasteiger partial charge in [0.2, 0.25) is 0 Å². The molecule has 1 N–H and O–H groups in total. The summed E-state index contributed by atoms with van der Waals surface area (Å²) in [4.78, 5) is 11.4. The van der Waals surface area contributed by atoms with Crippen molar-refractivity contribution in [3.63, 3.8) is 0 Å². The maximum Gasteiger partial charge on any atom is 0.261 e. The van der Waals surface area contributed by atoms with E-state index in [4.69, 9.17) is 10.7 Å². The van der Waals surface area contributed by atoms with Gasteiger partial charge in [0.1, 0.15) is 5.82 Å². The molecule has 0 saturated carbocycles. The molecule has 1 aromatic rings. The van der Waals surface area contributed by atoms with Crippen LogP contribution in [0.3, 0.4) is 0 Å². The topological polar surface area (TPSA) is 80.3 Å². The Bertz CT molecular complexity index is 633. The molecule has 0 saturated heterocycles. The van der Waals surface area contributed by atoms with Gasteiger partial charge in [0.15, 0.2) is 0 Å². The van der Waals surface area contributed by atoms with Crippen LogP contribution in [0.25, 0.3) is 0 Å². The quantitative estimate of drug-likeness (QED) is 0.790. The zero-order valence-electron chi connectivity index (χ0n) is 10.6. The summed E-state index contributed by atoms with van der Waals surface area (Å²) in [7, 11) is 0.0445. The van der Waals surface area contributed by atoms with Crippen LogP contribution in [0, 0.1) is 5.82 Å². The van der Waals surface area contributed by atoms with E-state index in [1.54, 1.807) is 6.92 Å². The second kappa shape index (κ2) is 7.14. The molecule has 0 aliphatic heterocycles. The molecule has 1 atom stereocenters. The van der Waals surface area contributed by atoms with E-state index in [9.17, 15) is 21.8 Å². The maximum absolute atomic E-state index is 13.5. The third-order valence-corrected chi connectivity index (χ3v) is 5.06. The first-order chi connectivity index (χ1) is 9.25. The summed E-state index contributed by atoms with van der Waals surface area (Å²) in [6.45, 7) is 1.85. The number of hydrogen-bond donors (Lipinski definition) is 1. The Hall–Kier alpha value is -0.990. The summed E-state index contributed by atoms with van der Waals surface area (Å²) in [5.74, 6) is -0.928. The Morgan fingerprint density at radius 2 is 2.10 bits per heavy atom. The number of carbonyl (C=O) groups excluding carboxylic acids is 1. The molecule has 5 nitrogen and oxygen atoms in total. The molecule has 0 heterocycles. The number of hydrogen-bond acceptors (Lipinski definition) is 4. The van der Waals surface area contributed by atoms with E-state index in [0.717, 1.165) is 18.2 Å². The molecule has 0 spiro atoms. The van der Waals surface area contributed by atoms with Crippen molar-refractivity contribution in [2.45, 2.75) is 11.8 Å². The van der Waals surface area contributed by atoms with Crippen molar-refractivity contribution >= 4 is 36.4 Å². The molecule has 0 aliphatic rings. The predicted octanol–water partition coefficient (Wildman–Crippen LogP) is 1.25. The van der Waals surface area contributed by atoms with Crippen molar-refractivity contribution in [3.8, 4) is 0 Å².